The highest BCUT2D eigenvalue weighted by Crippen LogP contribution is 2.34. The third-order valence-corrected chi connectivity index (χ3v) is 3.60. The Hall–Kier alpha value is -1.81. The van der Waals surface area contributed by atoms with E-state index in [1.807, 2.05) is 12.4 Å². The molecule has 0 radical (unpaired) electrons. The van der Waals surface area contributed by atoms with Gasteiger partial charge >= 0.3 is 0 Å². The maximum Gasteiger partial charge on any atom is 0.122 e. The number of hydrogen-bond acceptors (Lipinski definition) is 3. The number of para-hydroxylation sites is 1. The second-order valence-electron chi connectivity index (χ2n) is 4.97. The quantitative estimate of drug-likeness (QED) is 0.910. The summed E-state index contributed by atoms with van der Waals surface area (Å²) in [4.78, 5) is 4.38. The zero-order chi connectivity index (χ0) is 13.1. The lowest BCUT2D eigenvalue weighted by Gasteiger charge is -2.26. The molecule has 0 spiro atoms. The Bertz CT molecular complexity index is 550. The van der Waals surface area contributed by atoms with E-state index in [4.69, 9.17) is 10.5 Å². The summed E-state index contributed by atoms with van der Waals surface area (Å²) in [5.41, 5.74) is 7.93. The molecule has 2 N–H and O–H groups in total. The van der Waals surface area contributed by atoms with E-state index >= 15 is 0 Å². The third-order valence-electron chi connectivity index (χ3n) is 3.60. The molecule has 1 aromatic carbocycles. The number of ether oxygens (including phenoxy) is 1. The van der Waals surface area contributed by atoms with Crippen molar-refractivity contribution in [3.05, 3.63) is 48.0 Å². The predicted molar refractivity (Wildman–Crippen MR) is 74.3 cm³/mol. The van der Waals surface area contributed by atoms with Crippen LogP contribution in [0.4, 0.5) is 0 Å². The highest BCUT2D eigenvalue weighted by molar-refractivity contribution is 5.37. The smallest absolute Gasteiger partial charge is 0.122 e. The Morgan fingerprint density at radius 3 is 3.16 bits per heavy atom. The number of aromatic nitrogens is 2. The van der Waals surface area contributed by atoms with Crippen LogP contribution in [0.25, 0.3) is 0 Å². The molecule has 4 heteroatoms. The molecule has 0 amide bonds. The van der Waals surface area contributed by atoms with Crippen LogP contribution < -0.4 is 10.5 Å². The first-order valence-corrected chi connectivity index (χ1v) is 6.79. The molecular formula is C15H19N3O. The van der Waals surface area contributed by atoms with Crippen LogP contribution in [0.3, 0.4) is 0 Å². The predicted octanol–water partition coefficient (Wildman–Crippen LogP) is 1.95. The lowest BCUT2D eigenvalue weighted by atomic mass is 9.93. The van der Waals surface area contributed by atoms with Crippen LogP contribution in [0.2, 0.25) is 0 Å². The van der Waals surface area contributed by atoms with Crippen molar-refractivity contribution in [2.24, 2.45) is 5.73 Å². The molecule has 1 aromatic heterocycles. The van der Waals surface area contributed by atoms with E-state index in [1.54, 1.807) is 0 Å². The minimum atomic E-state index is 0.505. The maximum atomic E-state index is 5.69. The lowest BCUT2D eigenvalue weighted by Crippen LogP contribution is -2.18. The maximum absolute atomic E-state index is 5.69. The molecule has 3 rings (SSSR count). The van der Waals surface area contributed by atoms with Crippen molar-refractivity contribution in [3.63, 3.8) is 0 Å². The molecular weight excluding hydrogens is 238 g/mol. The van der Waals surface area contributed by atoms with Gasteiger partial charge in [0.15, 0.2) is 0 Å². The SMILES string of the molecule is NCCc1cn(CC2CCOc3ccccc32)cn1. The van der Waals surface area contributed by atoms with Gasteiger partial charge in [-0.3, -0.25) is 0 Å². The number of nitrogens with zero attached hydrogens (tertiary/aromatic N) is 2. The van der Waals surface area contributed by atoms with Crippen molar-refractivity contribution in [1.29, 1.82) is 0 Å². The fraction of sp³-hybridized carbons (Fsp3) is 0.400. The van der Waals surface area contributed by atoms with Gasteiger partial charge in [0.25, 0.3) is 0 Å². The lowest BCUT2D eigenvalue weighted by molar-refractivity contribution is 0.259. The van der Waals surface area contributed by atoms with Crippen LogP contribution in [0.15, 0.2) is 36.8 Å². The van der Waals surface area contributed by atoms with Crippen molar-refractivity contribution in [2.75, 3.05) is 13.2 Å². The van der Waals surface area contributed by atoms with Crippen molar-refractivity contribution in [1.82, 2.24) is 9.55 Å². The summed E-state index contributed by atoms with van der Waals surface area (Å²) in [6.45, 7) is 2.40. The van der Waals surface area contributed by atoms with E-state index in [9.17, 15) is 0 Å². The molecule has 4 nitrogen and oxygen atoms in total. The van der Waals surface area contributed by atoms with E-state index < -0.39 is 0 Å². The van der Waals surface area contributed by atoms with Crippen LogP contribution in [-0.2, 0) is 13.0 Å². The number of rotatable bonds is 4. The van der Waals surface area contributed by atoms with Crippen LogP contribution >= 0.6 is 0 Å². The summed E-state index contributed by atoms with van der Waals surface area (Å²) in [7, 11) is 0. The number of nitrogens with two attached hydrogens (primary N) is 1. The van der Waals surface area contributed by atoms with Gasteiger partial charge in [0.05, 0.1) is 18.6 Å². The Kier molecular flexibility index (Phi) is 3.51. The fourth-order valence-electron chi connectivity index (χ4n) is 2.64. The van der Waals surface area contributed by atoms with E-state index in [0.717, 1.165) is 37.4 Å². The molecule has 0 saturated carbocycles. The highest BCUT2D eigenvalue weighted by Gasteiger charge is 2.21. The summed E-state index contributed by atoms with van der Waals surface area (Å²) in [6.07, 6.45) is 5.91. The van der Waals surface area contributed by atoms with E-state index in [1.165, 1.54) is 5.56 Å². The molecule has 0 aliphatic carbocycles. The molecule has 2 heterocycles. The summed E-state index contributed by atoms with van der Waals surface area (Å²) >= 11 is 0. The first kappa shape index (κ1) is 12.2. The number of imidazole rings is 1. The Morgan fingerprint density at radius 1 is 1.37 bits per heavy atom. The Balaban J connectivity index is 1.76. The highest BCUT2D eigenvalue weighted by atomic mass is 16.5. The summed E-state index contributed by atoms with van der Waals surface area (Å²) in [6, 6.07) is 8.32. The van der Waals surface area contributed by atoms with Crippen LogP contribution in [-0.4, -0.2) is 22.7 Å². The van der Waals surface area contributed by atoms with Crippen LogP contribution in [0, 0.1) is 0 Å². The van der Waals surface area contributed by atoms with Crippen LogP contribution in [0.1, 0.15) is 23.6 Å². The molecule has 0 saturated heterocycles. The molecule has 1 aliphatic heterocycles. The molecule has 0 fully saturated rings. The van der Waals surface area contributed by atoms with Gasteiger partial charge < -0.3 is 15.0 Å². The molecule has 0 bridgehead atoms. The summed E-state index contributed by atoms with van der Waals surface area (Å²) in [5, 5.41) is 0. The van der Waals surface area contributed by atoms with Gasteiger partial charge in [0, 0.05) is 25.1 Å². The molecule has 2 aromatic rings. The molecule has 1 unspecified atom stereocenters. The van der Waals surface area contributed by atoms with Gasteiger partial charge in [-0.25, -0.2) is 4.98 Å². The fourth-order valence-corrected chi connectivity index (χ4v) is 2.64. The molecule has 1 aliphatic rings. The molecule has 100 valence electrons. The topological polar surface area (TPSA) is 53.1 Å². The normalized spacial score (nSPS) is 17.8. The largest absolute Gasteiger partial charge is 0.493 e. The summed E-state index contributed by atoms with van der Waals surface area (Å²) in [5.74, 6) is 1.53. The average Bonchev–Trinajstić information content (AvgIpc) is 2.87. The van der Waals surface area contributed by atoms with Crippen molar-refractivity contribution in [2.45, 2.75) is 25.3 Å². The third kappa shape index (κ3) is 2.63. The molecule has 19 heavy (non-hydrogen) atoms. The number of hydrogen-bond donors (Lipinski definition) is 1. The van der Waals surface area contributed by atoms with Crippen molar-refractivity contribution in [3.8, 4) is 5.75 Å². The van der Waals surface area contributed by atoms with Gasteiger partial charge in [0.2, 0.25) is 0 Å². The number of benzene rings is 1. The first-order valence-electron chi connectivity index (χ1n) is 6.79. The standard InChI is InChI=1S/C15H19N3O/c16-7-5-13-10-18(11-17-13)9-12-6-8-19-15-4-2-1-3-14(12)15/h1-4,10-12H,5-9,16H2. The van der Waals surface area contributed by atoms with E-state index in [2.05, 4.69) is 33.9 Å². The van der Waals surface area contributed by atoms with Gasteiger partial charge in [-0.2, -0.15) is 0 Å². The monoisotopic (exact) mass is 257 g/mol. The minimum absolute atomic E-state index is 0.505. The summed E-state index contributed by atoms with van der Waals surface area (Å²) < 4.78 is 7.86. The van der Waals surface area contributed by atoms with Gasteiger partial charge in [-0.1, -0.05) is 18.2 Å². The van der Waals surface area contributed by atoms with Crippen molar-refractivity contribution < 1.29 is 4.74 Å². The zero-order valence-electron chi connectivity index (χ0n) is 11.0. The van der Waals surface area contributed by atoms with Gasteiger partial charge in [-0.05, 0) is 24.6 Å². The van der Waals surface area contributed by atoms with Gasteiger partial charge in [-0.15, -0.1) is 0 Å². The van der Waals surface area contributed by atoms with E-state index in [0.29, 0.717) is 12.5 Å². The van der Waals surface area contributed by atoms with Crippen LogP contribution in [0.5, 0.6) is 5.75 Å². The Morgan fingerprint density at radius 2 is 2.26 bits per heavy atom. The molecule has 1 atom stereocenters. The second-order valence-corrected chi connectivity index (χ2v) is 4.97. The minimum Gasteiger partial charge on any atom is -0.493 e. The zero-order valence-corrected chi connectivity index (χ0v) is 11.0. The average molecular weight is 257 g/mol. The van der Waals surface area contributed by atoms with Gasteiger partial charge in [0.1, 0.15) is 5.75 Å². The second kappa shape index (κ2) is 5.45. The van der Waals surface area contributed by atoms with E-state index in [-0.39, 0.29) is 0 Å². The number of fused-ring (bicyclic) bond motifs is 1. The first-order chi connectivity index (χ1) is 9.36. The Labute approximate surface area is 113 Å². The van der Waals surface area contributed by atoms with Crippen molar-refractivity contribution >= 4 is 0 Å².